The molecule has 0 aliphatic carbocycles. The molecule has 26 heavy (non-hydrogen) atoms. The summed E-state index contributed by atoms with van der Waals surface area (Å²) in [6.07, 6.45) is 4.22. The second-order valence-electron chi connectivity index (χ2n) is 5.44. The maximum atomic E-state index is 11.8. The van der Waals surface area contributed by atoms with E-state index in [-0.39, 0.29) is 12.5 Å². The van der Waals surface area contributed by atoms with Gasteiger partial charge in [0.25, 0.3) is 0 Å². The zero-order valence-corrected chi connectivity index (χ0v) is 13.9. The summed E-state index contributed by atoms with van der Waals surface area (Å²) in [5.41, 5.74) is 0.727. The summed E-state index contributed by atoms with van der Waals surface area (Å²) < 4.78 is 15.4. The second kappa shape index (κ2) is 7.52. The predicted octanol–water partition coefficient (Wildman–Crippen LogP) is 3.10. The minimum Gasteiger partial charge on any atom is -0.465 e. The first-order valence-electron chi connectivity index (χ1n) is 7.74. The average Bonchev–Trinajstić information content (AvgIpc) is 3.10. The van der Waals surface area contributed by atoms with Crippen molar-refractivity contribution < 1.29 is 23.2 Å². The number of hydrogen-bond donors (Lipinski definition) is 1. The molecule has 1 N–H and O–H groups in total. The molecule has 0 saturated carbocycles. The number of nitrogens with one attached hydrogen (secondary N) is 1. The first-order valence-corrected chi connectivity index (χ1v) is 7.74. The van der Waals surface area contributed by atoms with E-state index < -0.39 is 11.6 Å². The van der Waals surface area contributed by atoms with E-state index in [1.165, 1.54) is 31.4 Å². The van der Waals surface area contributed by atoms with Gasteiger partial charge in [-0.3, -0.25) is 4.79 Å². The molecule has 132 valence electrons. The highest BCUT2D eigenvalue weighted by Gasteiger charge is 2.09. The van der Waals surface area contributed by atoms with Gasteiger partial charge in [-0.2, -0.15) is 0 Å². The molecule has 0 radical (unpaired) electrons. The van der Waals surface area contributed by atoms with Crippen LogP contribution in [0.25, 0.3) is 17.0 Å². The smallest absolute Gasteiger partial charge is 0.336 e. The van der Waals surface area contributed by atoms with Gasteiger partial charge in [0.05, 0.1) is 6.26 Å². The van der Waals surface area contributed by atoms with Crippen LogP contribution in [0.15, 0.2) is 62.4 Å². The molecule has 0 aliphatic rings. The Morgan fingerprint density at radius 3 is 2.81 bits per heavy atom. The van der Waals surface area contributed by atoms with Crippen LogP contribution in [-0.2, 0) is 20.9 Å². The number of benzene rings is 1. The van der Waals surface area contributed by atoms with Gasteiger partial charge in [0.15, 0.2) is 0 Å². The van der Waals surface area contributed by atoms with Crippen molar-refractivity contribution in [3.63, 3.8) is 0 Å². The number of amides is 1. The SMILES string of the molecule is CC(=O)Nc1ccc2c(COC(=O)/C=C/c3ccco3)cc(=O)oc2c1. The Morgan fingerprint density at radius 1 is 1.23 bits per heavy atom. The molecule has 0 bridgehead atoms. The molecule has 7 heteroatoms. The van der Waals surface area contributed by atoms with Gasteiger partial charge >= 0.3 is 11.6 Å². The lowest BCUT2D eigenvalue weighted by Crippen LogP contribution is -2.07. The third kappa shape index (κ3) is 4.27. The molecule has 0 unspecified atom stereocenters. The van der Waals surface area contributed by atoms with E-state index in [0.29, 0.717) is 28.0 Å². The van der Waals surface area contributed by atoms with Gasteiger partial charge in [0.1, 0.15) is 18.0 Å². The van der Waals surface area contributed by atoms with Gasteiger partial charge in [0, 0.05) is 41.8 Å². The molecule has 7 nitrogen and oxygen atoms in total. The van der Waals surface area contributed by atoms with Crippen LogP contribution < -0.4 is 10.9 Å². The summed E-state index contributed by atoms with van der Waals surface area (Å²) in [4.78, 5) is 34.7. The van der Waals surface area contributed by atoms with Crippen molar-refractivity contribution in [2.75, 3.05) is 5.32 Å². The van der Waals surface area contributed by atoms with Gasteiger partial charge in [0.2, 0.25) is 5.91 Å². The lowest BCUT2D eigenvalue weighted by atomic mass is 10.1. The number of carbonyl (C=O) groups is 2. The van der Waals surface area contributed by atoms with Crippen LogP contribution in [-0.4, -0.2) is 11.9 Å². The van der Waals surface area contributed by atoms with E-state index in [4.69, 9.17) is 13.6 Å². The van der Waals surface area contributed by atoms with E-state index in [1.54, 1.807) is 30.3 Å². The fraction of sp³-hybridized carbons (Fsp3) is 0.105. The molecule has 1 amide bonds. The molecular weight excluding hydrogens is 338 g/mol. The van der Waals surface area contributed by atoms with Crippen LogP contribution in [0.5, 0.6) is 0 Å². The van der Waals surface area contributed by atoms with Gasteiger partial charge in [-0.15, -0.1) is 0 Å². The van der Waals surface area contributed by atoms with E-state index in [9.17, 15) is 14.4 Å². The molecule has 0 aliphatic heterocycles. The summed E-state index contributed by atoms with van der Waals surface area (Å²) in [5.74, 6) is -0.281. The van der Waals surface area contributed by atoms with Gasteiger partial charge in [-0.05, 0) is 30.3 Å². The minimum absolute atomic E-state index is 0.0943. The summed E-state index contributed by atoms with van der Waals surface area (Å²) >= 11 is 0. The second-order valence-corrected chi connectivity index (χ2v) is 5.44. The normalized spacial score (nSPS) is 11.0. The number of carbonyl (C=O) groups excluding carboxylic acids is 2. The Hall–Kier alpha value is -3.61. The Morgan fingerprint density at radius 2 is 2.08 bits per heavy atom. The Balaban J connectivity index is 1.77. The summed E-state index contributed by atoms with van der Waals surface area (Å²) in [5, 5.41) is 3.22. The quantitative estimate of drug-likeness (QED) is 0.430. The maximum Gasteiger partial charge on any atom is 0.336 e. The van der Waals surface area contributed by atoms with Gasteiger partial charge < -0.3 is 18.9 Å². The minimum atomic E-state index is -0.574. The molecular formula is C19H15NO6. The summed E-state index contributed by atoms with van der Waals surface area (Å²) in [6, 6.07) is 9.57. The van der Waals surface area contributed by atoms with Crippen LogP contribution in [0.1, 0.15) is 18.2 Å². The van der Waals surface area contributed by atoms with Crippen molar-refractivity contribution in [1.82, 2.24) is 0 Å². The summed E-state index contributed by atoms with van der Waals surface area (Å²) in [6.45, 7) is 1.29. The van der Waals surface area contributed by atoms with Crippen LogP contribution in [0.2, 0.25) is 0 Å². The maximum absolute atomic E-state index is 11.8. The van der Waals surface area contributed by atoms with E-state index in [1.807, 2.05) is 0 Å². The lowest BCUT2D eigenvalue weighted by Gasteiger charge is -2.07. The van der Waals surface area contributed by atoms with Crippen molar-refractivity contribution in [3.05, 3.63) is 70.5 Å². The Kier molecular flexibility index (Phi) is 4.98. The molecule has 0 spiro atoms. The van der Waals surface area contributed by atoms with Crippen LogP contribution in [0.4, 0.5) is 5.69 Å². The number of furan rings is 1. The molecule has 2 heterocycles. The molecule has 2 aromatic heterocycles. The highest BCUT2D eigenvalue weighted by atomic mass is 16.5. The predicted molar refractivity (Wildman–Crippen MR) is 94.3 cm³/mol. The molecule has 0 fully saturated rings. The lowest BCUT2D eigenvalue weighted by molar-refractivity contribution is -0.138. The number of hydrogen-bond acceptors (Lipinski definition) is 6. The fourth-order valence-electron chi connectivity index (χ4n) is 2.36. The third-order valence-electron chi connectivity index (χ3n) is 3.45. The Bertz CT molecular complexity index is 1030. The number of ether oxygens (including phenoxy) is 1. The topological polar surface area (TPSA) is 98.7 Å². The van der Waals surface area contributed by atoms with Crippen LogP contribution >= 0.6 is 0 Å². The zero-order valence-electron chi connectivity index (χ0n) is 13.9. The van der Waals surface area contributed by atoms with Crippen molar-refractivity contribution in [1.29, 1.82) is 0 Å². The fourth-order valence-corrected chi connectivity index (χ4v) is 2.36. The van der Waals surface area contributed by atoms with Gasteiger partial charge in [-0.1, -0.05) is 0 Å². The first kappa shape index (κ1) is 17.2. The highest BCUT2D eigenvalue weighted by Crippen LogP contribution is 2.22. The standard InChI is InChI=1S/C19H15NO6/c1-12(21)20-14-4-6-16-13(9-19(23)26-17(16)10-14)11-25-18(22)7-5-15-3-2-8-24-15/h2-10H,11H2,1H3,(H,20,21)/b7-5+. The first-order chi connectivity index (χ1) is 12.5. The van der Waals surface area contributed by atoms with Crippen molar-refractivity contribution in [2.45, 2.75) is 13.5 Å². The largest absolute Gasteiger partial charge is 0.465 e. The van der Waals surface area contributed by atoms with Crippen molar-refractivity contribution >= 4 is 34.6 Å². The van der Waals surface area contributed by atoms with Crippen LogP contribution in [0, 0.1) is 0 Å². The number of fused-ring (bicyclic) bond motifs is 1. The molecule has 3 aromatic rings. The number of rotatable bonds is 5. The van der Waals surface area contributed by atoms with Crippen LogP contribution in [0.3, 0.4) is 0 Å². The van der Waals surface area contributed by atoms with E-state index in [0.717, 1.165) is 0 Å². The number of esters is 1. The Labute approximate surface area is 147 Å². The van der Waals surface area contributed by atoms with Crippen molar-refractivity contribution in [2.24, 2.45) is 0 Å². The summed E-state index contributed by atoms with van der Waals surface area (Å²) in [7, 11) is 0. The monoisotopic (exact) mass is 353 g/mol. The molecule has 1 aromatic carbocycles. The van der Waals surface area contributed by atoms with E-state index in [2.05, 4.69) is 5.32 Å². The third-order valence-corrected chi connectivity index (χ3v) is 3.45. The molecule has 3 rings (SSSR count). The van der Waals surface area contributed by atoms with Gasteiger partial charge in [-0.25, -0.2) is 9.59 Å². The highest BCUT2D eigenvalue weighted by molar-refractivity contribution is 5.92. The average molecular weight is 353 g/mol. The molecule has 0 atom stereocenters. The number of anilines is 1. The van der Waals surface area contributed by atoms with E-state index >= 15 is 0 Å². The zero-order chi connectivity index (χ0) is 18.5. The molecule has 0 saturated heterocycles. The van der Waals surface area contributed by atoms with Crippen molar-refractivity contribution in [3.8, 4) is 0 Å².